The van der Waals surface area contributed by atoms with Crippen molar-refractivity contribution in [3.05, 3.63) is 28.5 Å². The standard InChI is InChI=1S/C13H17BrFNO/c1-16-8-7-13(5-2-6-13)17-10-3-4-11(14)12(15)9-10/h3-4,9,16H,2,5-8H2,1H3. The van der Waals surface area contributed by atoms with Gasteiger partial charge < -0.3 is 10.1 Å². The normalized spacial score (nSPS) is 17.6. The van der Waals surface area contributed by atoms with E-state index in [-0.39, 0.29) is 11.4 Å². The molecule has 4 heteroatoms. The summed E-state index contributed by atoms with van der Waals surface area (Å²) in [7, 11) is 1.94. The van der Waals surface area contributed by atoms with Crippen LogP contribution in [0.5, 0.6) is 5.75 Å². The van der Waals surface area contributed by atoms with Gasteiger partial charge in [0.2, 0.25) is 0 Å². The molecule has 0 aliphatic heterocycles. The third-order valence-corrected chi connectivity index (χ3v) is 3.96. The van der Waals surface area contributed by atoms with E-state index >= 15 is 0 Å². The quantitative estimate of drug-likeness (QED) is 0.899. The minimum atomic E-state index is -0.273. The molecule has 2 rings (SSSR count). The maximum absolute atomic E-state index is 13.4. The Balaban J connectivity index is 2.05. The van der Waals surface area contributed by atoms with Crippen LogP contribution in [-0.4, -0.2) is 19.2 Å². The van der Waals surface area contributed by atoms with Gasteiger partial charge in [0.15, 0.2) is 0 Å². The molecule has 1 saturated carbocycles. The predicted octanol–water partition coefficient (Wildman–Crippen LogP) is 3.50. The summed E-state index contributed by atoms with van der Waals surface area (Å²) in [6.45, 7) is 0.930. The molecule has 1 aliphatic carbocycles. The largest absolute Gasteiger partial charge is 0.487 e. The average molecular weight is 302 g/mol. The molecule has 0 spiro atoms. The second-order valence-corrected chi connectivity index (χ2v) is 5.42. The first-order chi connectivity index (χ1) is 8.15. The first kappa shape index (κ1) is 12.8. The maximum Gasteiger partial charge on any atom is 0.141 e. The maximum atomic E-state index is 13.4. The molecule has 0 bridgehead atoms. The van der Waals surface area contributed by atoms with E-state index in [0.717, 1.165) is 25.8 Å². The lowest BCUT2D eigenvalue weighted by molar-refractivity contribution is -0.0141. The van der Waals surface area contributed by atoms with Crippen LogP contribution in [0.25, 0.3) is 0 Å². The van der Waals surface area contributed by atoms with Crippen molar-refractivity contribution >= 4 is 15.9 Å². The van der Waals surface area contributed by atoms with Crippen LogP contribution < -0.4 is 10.1 Å². The summed E-state index contributed by atoms with van der Waals surface area (Å²) in [5.74, 6) is 0.354. The highest BCUT2D eigenvalue weighted by molar-refractivity contribution is 9.10. The molecule has 0 saturated heterocycles. The van der Waals surface area contributed by atoms with Crippen LogP contribution in [0.15, 0.2) is 22.7 Å². The summed E-state index contributed by atoms with van der Waals surface area (Å²) in [6, 6.07) is 4.95. The Kier molecular flexibility index (Phi) is 4.05. The van der Waals surface area contributed by atoms with Crippen molar-refractivity contribution in [1.82, 2.24) is 5.32 Å². The Morgan fingerprint density at radius 1 is 1.47 bits per heavy atom. The van der Waals surface area contributed by atoms with E-state index in [0.29, 0.717) is 10.2 Å². The van der Waals surface area contributed by atoms with E-state index < -0.39 is 0 Å². The van der Waals surface area contributed by atoms with E-state index in [1.165, 1.54) is 12.5 Å². The summed E-state index contributed by atoms with van der Waals surface area (Å²) in [5.41, 5.74) is -0.0801. The van der Waals surface area contributed by atoms with E-state index in [1.54, 1.807) is 6.07 Å². The van der Waals surface area contributed by atoms with E-state index in [2.05, 4.69) is 21.2 Å². The van der Waals surface area contributed by atoms with Gasteiger partial charge in [0, 0.05) is 6.07 Å². The molecule has 1 aromatic carbocycles. The highest BCUT2D eigenvalue weighted by atomic mass is 79.9. The Morgan fingerprint density at radius 3 is 2.76 bits per heavy atom. The zero-order valence-corrected chi connectivity index (χ0v) is 11.5. The van der Waals surface area contributed by atoms with Gasteiger partial charge in [0.05, 0.1) is 4.47 Å². The smallest absolute Gasteiger partial charge is 0.141 e. The topological polar surface area (TPSA) is 21.3 Å². The molecule has 0 heterocycles. The molecule has 0 radical (unpaired) electrons. The number of rotatable bonds is 5. The van der Waals surface area contributed by atoms with Gasteiger partial charge in [-0.15, -0.1) is 0 Å². The van der Waals surface area contributed by atoms with Gasteiger partial charge in [-0.3, -0.25) is 0 Å². The van der Waals surface area contributed by atoms with Crippen molar-refractivity contribution in [2.24, 2.45) is 0 Å². The van der Waals surface area contributed by atoms with Gasteiger partial charge in [-0.1, -0.05) is 0 Å². The minimum absolute atomic E-state index is 0.0801. The second-order valence-electron chi connectivity index (χ2n) is 4.57. The van der Waals surface area contributed by atoms with Crippen molar-refractivity contribution in [3.63, 3.8) is 0 Å². The van der Waals surface area contributed by atoms with Crippen LogP contribution in [0.1, 0.15) is 25.7 Å². The molecule has 1 aliphatic rings. The van der Waals surface area contributed by atoms with Crippen LogP contribution in [0.2, 0.25) is 0 Å². The lowest BCUT2D eigenvalue weighted by Crippen LogP contribution is -2.45. The molecule has 0 amide bonds. The Hall–Kier alpha value is -0.610. The van der Waals surface area contributed by atoms with Gasteiger partial charge in [0.1, 0.15) is 17.2 Å². The zero-order valence-electron chi connectivity index (χ0n) is 9.93. The Bertz CT molecular complexity index is 393. The SMILES string of the molecule is CNCCC1(Oc2ccc(Br)c(F)c2)CCC1. The van der Waals surface area contributed by atoms with Crippen molar-refractivity contribution in [1.29, 1.82) is 0 Å². The second kappa shape index (κ2) is 5.36. The van der Waals surface area contributed by atoms with Gasteiger partial charge in [-0.25, -0.2) is 4.39 Å². The van der Waals surface area contributed by atoms with Gasteiger partial charge in [0.25, 0.3) is 0 Å². The lowest BCUT2D eigenvalue weighted by atomic mass is 9.77. The number of benzene rings is 1. The molecule has 1 aromatic rings. The fourth-order valence-electron chi connectivity index (χ4n) is 2.12. The summed E-state index contributed by atoms with van der Waals surface area (Å²) >= 11 is 3.14. The summed E-state index contributed by atoms with van der Waals surface area (Å²) in [4.78, 5) is 0. The lowest BCUT2D eigenvalue weighted by Gasteiger charge is -2.42. The molecule has 17 heavy (non-hydrogen) atoms. The van der Waals surface area contributed by atoms with E-state index in [1.807, 2.05) is 13.1 Å². The van der Waals surface area contributed by atoms with Crippen LogP contribution in [0.3, 0.4) is 0 Å². The average Bonchev–Trinajstić information content (AvgIpc) is 2.27. The highest BCUT2D eigenvalue weighted by Gasteiger charge is 2.38. The first-order valence-corrected chi connectivity index (χ1v) is 6.73. The van der Waals surface area contributed by atoms with Gasteiger partial charge >= 0.3 is 0 Å². The van der Waals surface area contributed by atoms with E-state index in [4.69, 9.17) is 4.74 Å². The molecular weight excluding hydrogens is 285 g/mol. The summed E-state index contributed by atoms with van der Waals surface area (Å²) in [6.07, 6.45) is 4.29. The fourth-order valence-corrected chi connectivity index (χ4v) is 2.36. The Morgan fingerprint density at radius 2 is 2.24 bits per heavy atom. The fraction of sp³-hybridized carbons (Fsp3) is 0.538. The third-order valence-electron chi connectivity index (χ3n) is 3.32. The molecule has 1 N–H and O–H groups in total. The molecule has 2 nitrogen and oxygen atoms in total. The monoisotopic (exact) mass is 301 g/mol. The number of ether oxygens (including phenoxy) is 1. The third kappa shape index (κ3) is 2.99. The van der Waals surface area contributed by atoms with Gasteiger partial charge in [-0.2, -0.15) is 0 Å². The molecule has 0 unspecified atom stereocenters. The van der Waals surface area contributed by atoms with Crippen LogP contribution in [0.4, 0.5) is 4.39 Å². The van der Waals surface area contributed by atoms with Crippen molar-refractivity contribution in [2.45, 2.75) is 31.3 Å². The van der Waals surface area contributed by atoms with Crippen molar-refractivity contribution in [2.75, 3.05) is 13.6 Å². The molecule has 0 atom stereocenters. The molecule has 0 aromatic heterocycles. The summed E-state index contributed by atoms with van der Waals surface area (Å²) in [5, 5.41) is 3.14. The van der Waals surface area contributed by atoms with Crippen LogP contribution in [-0.2, 0) is 0 Å². The zero-order chi connectivity index (χ0) is 12.3. The molecule has 1 fully saturated rings. The predicted molar refractivity (Wildman–Crippen MR) is 69.9 cm³/mol. The number of halogens is 2. The van der Waals surface area contributed by atoms with Crippen molar-refractivity contribution in [3.8, 4) is 5.75 Å². The van der Waals surface area contributed by atoms with E-state index in [9.17, 15) is 4.39 Å². The van der Waals surface area contributed by atoms with Crippen LogP contribution >= 0.6 is 15.9 Å². The molecular formula is C13H17BrFNO. The number of nitrogens with one attached hydrogen (secondary N) is 1. The van der Waals surface area contributed by atoms with Gasteiger partial charge in [-0.05, 0) is 67.3 Å². The van der Waals surface area contributed by atoms with Crippen molar-refractivity contribution < 1.29 is 9.13 Å². The number of hydrogen-bond donors (Lipinski definition) is 1. The highest BCUT2D eigenvalue weighted by Crippen LogP contribution is 2.39. The first-order valence-electron chi connectivity index (χ1n) is 5.94. The van der Waals surface area contributed by atoms with Crippen LogP contribution in [0, 0.1) is 5.82 Å². The molecule has 94 valence electrons. The Labute approximate surface area is 110 Å². The number of hydrogen-bond acceptors (Lipinski definition) is 2. The minimum Gasteiger partial charge on any atom is -0.487 e. The summed E-state index contributed by atoms with van der Waals surface area (Å²) < 4.78 is 19.8.